The van der Waals surface area contributed by atoms with Gasteiger partial charge in [-0.15, -0.1) is 0 Å². The number of methoxy groups -OCH3 is 2. The van der Waals surface area contributed by atoms with E-state index in [4.69, 9.17) is 9.47 Å². The van der Waals surface area contributed by atoms with Crippen LogP contribution in [-0.4, -0.2) is 24.9 Å². The number of allylic oxidation sites excluding steroid dienone is 1. The van der Waals surface area contributed by atoms with E-state index in [0.717, 1.165) is 4.47 Å². The summed E-state index contributed by atoms with van der Waals surface area (Å²) in [6.07, 6.45) is 2.68. The van der Waals surface area contributed by atoms with E-state index < -0.39 is 4.92 Å². The van der Waals surface area contributed by atoms with Crippen molar-refractivity contribution in [1.29, 1.82) is 0 Å². The maximum Gasteiger partial charge on any atom is 0.280 e. The lowest BCUT2D eigenvalue weighted by Gasteiger charge is -2.08. The molecular weight excluding hydrogens is 378 g/mol. The number of halogens is 1. The van der Waals surface area contributed by atoms with Gasteiger partial charge in [0.15, 0.2) is 17.3 Å². The largest absolute Gasteiger partial charge is 0.493 e. The van der Waals surface area contributed by atoms with Gasteiger partial charge < -0.3 is 9.47 Å². The summed E-state index contributed by atoms with van der Waals surface area (Å²) >= 11 is 3.30. The molecule has 0 aliphatic heterocycles. The Morgan fingerprint density at radius 3 is 2.42 bits per heavy atom. The molecule has 124 valence electrons. The summed E-state index contributed by atoms with van der Waals surface area (Å²) in [7, 11) is 2.83. The van der Waals surface area contributed by atoms with Crippen molar-refractivity contribution in [1.82, 2.24) is 0 Å². The van der Waals surface area contributed by atoms with E-state index in [0.29, 0.717) is 11.3 Å². The number of carbonyl (C=O) groups excluding carboxylic acids is 1. The number of carbonyl (C=O) groups is 1. The van der Waals surface area contributed by atoms with Crippen LogP contribution in [0.4, 0.5) is 5.69 Å². The zero-order valence-corrected chi connectivity index (χ0v) is 14.6. The lowest BCUT2D eigenvalue weighted by molar-refractivity contribution is -0.385. The molecule has 0 spiro atoms. The van der Waals surface area contributed by atoms with Gasteiger partial charge in [-0.25, -0.2) is 0 Å². The highest BCUT2D eigenvalue weighted by Gasteiger charge is 2.18. The third kappa shape index (κ3) is 3.99. The maximum atomic E-state index is 12.2. The van der Waals surface area contributed by atoms with Crippen LogP contribution in [0.1, 0.15) is 15.9 Å². The smallest absolute Gasteiger partial charge is 0.280 e. The van der Waals surface area contributed by atoms with Crippen LogP contribution in [0.3, 0.4) is 0 Å². The number of rotatable bonds is 6. The van der Waals surface area contributed by atoms with Crippen LogP contribution in [0.2, 0.25) is 0 Å². The monoisotopic (exact) mass is 391 g/mol. The predicted octanol–water partition coefficient (Wildman–Crippen LogP) is 4.27. The lowest BCUT2D eigenvalue weighted by Crippen LogP contribution is -1.98. The van der Waals surface area contributed by atoms with Crippen molar-refractivity contribution in [2.75, 3.05) is 14.2 Å². The van der Waals surface area contributed by atoms with Gasteiger partial charge in [-0.3, -0.25) is 14.9 Å². The molecule has 7 heteroatoms. The number of ketones is 1. The Kier molecular flexibility index (Phi) is 5.70. The highest BCUT2D eigenvalue weighted by atomic mass is 79.9. The third-order valence-corrected chi connectivity index (χ3v) is 3.75. The molecule has 6 nitrogen and oxygen atoms in total. The summed E-state index contributed by atoms with van der Waals surface area (Å²) < 4.78 is 11.0. The maximum absolute atomic E-state index is 12.2. The van der Waals surface area contributed by atoms with E-state index >= 15 is 0 Å². The van der Waals surface area contributed by atoms with Crippen molar-refractivity contribution in [2.45, 2.75) is 0 Å². The molecule has 0 heterocycles. The van der Waals surface area contributed by atoms with Gasteiger partial charge in [-0.05, 0) is 30.4 Å². The molecule has 0 aliphatic rings. The van der Waals surface area contributed by atoms with E-state index in [1.807, 2.05) is 0 Å². The summed E-state index contributed by atoms with van der Waals surface area (Å²) in [6.45, 7) is 0. The average Bonchev–Trinajstić information content (AvgIpc) is 2.58. The Labute approximate surface area is 147 Å². The molecule has 24 heavy (non-hydrogen) atoms. The Hall–Kier alpha value is -2.67. The van der Waals surface area contributed by atoms with Crippen LogP contribution >= 0.6 is 15.9 Å². The molecule has 0 fully saturated rings. The van der Waals surface area contributed by atoms with Crippen LogP contribution in [0.5, 0.6) is 11.5 Å². The Balaban J connectivity index is 2.40. The van der Waals surface area contributed by atoms with Crippen LogP contribution in [0.15, 0.2) is 46.9 Å². The van der Waals surface area contributed by atoms with Crippen LogP contribution < -0.4 is 9.47 Å². The fourth-order valence-electron chi connectivity index (χ4n) is 2.08. The van der Waals surface area contributed by atoms with Gasteiger partial charge >= 0.3 is 0 Å². The summed E-state index contributed by atoms with van der Waals surface area (Å²) in [5, 5.41) is 11.2. The first-order chi connectivity index (χ1) is 11.5. The van der Waals surface area contributed by atoms with Crippen LogP contribution in [-0.2, 0) is 0 Å². The number of hydrogen-bond donors (Lipinski definition) is 0. The third-order valence-electron chi connectivity index (χ3n) is 3.25. The molecule has 2 aromatic rings. The molecule has 0 bridgehead atoms. The molecule has 0 saturated heterocycles. The molecule has 0 aliphatic carbocycles. The van der Waals surface area contributed by atoms with Gasteiger partial charge in [-0.1, -0.05) is 28.1 Å². The topological polar surface area (TPSA) is 78.7 Å². The molecule has 0 saturated carbocycles. The first-order valence-electron chi connectivity index (χ1n) is 6.84. The van der Waals surface area contributed by atoms with Crippen LogP contribution in [0, 0.1) is 10.1 Å². The van der Waals surface area contributed by atoms with Crippen molar-refractivity contribution in [3.8, 4) is 11.5 Å². The minimum absolute atomic E-state index is 0.175. The standard InChI is InChI=1S/C17H14BrNO5/c1-23-16-9-11(14(19(21)22)10-17(16)24-2)6-7-15(20)12-4-3-5-13(18)8-12/h3-10H,1-2H3. The SMILES string of the molecule is COc1cc(C=CC(=O)c2cccc(Br)c2)c([N+](=O)[O-])cc1OC. The molecule has 0 unspecified atom stereocenters. The Morgan fingerprint density at radius 2 is 1.83 bits per heavy atom. The van der Waals surface area contributed by atoms with E-state index in [1.165, 1.54) is 38.5 Å². The molecule has 0 N–H and O–H groups in total. The molecule has 2 rings (SSSR count). The van der Waals surface area contributed by atoms with E-state index in [9.17, 15) is 14.9 Å². The number of nitro groups is 1. The van der Waals surface area contributed by atoms with Crippen molar-refractivity contribution in [2.24, 2.45) is 0 Å². The average molecular weight is 392 g/mol. The van der Waals surface area contributed by atoms with Gasteiger partial charge in [0.1, 0.15) is 0 Å². The Bertz CT molecular complexity index is 817. The van der Waals surface area contributed by atoms with Gasteiger partial charge in [0.05, 0.1) is 30.8 Å². The quantitative estimate of drug-likeness (QED) is 0.318. The van der Waals surface area contributed by atoms with Crippen molar-refractivity contribution in [3.63, 3.8) is 0 Å². The summed E-state index contributed by atoms with van der Waals surface area (Å²) in [4.78, 5) is 22.9. The highest BCUT2D eigenvalue weighted by Crippen LogP contribution is 2.35. The molecule has 0 atom stereocenters. The lowest BCUT2D eigenvalue weighted by atomic mass is 10.1. The highest BCUT2D eigenvalue weighted by molar-refractivity contribution is 9.10. The second kappa shape index (κ2) is 7.74. The second-order valence-corrected chi connectivity index (χ2v) is 5.65. The number of nitrogens with zero attached hydrogens (tertiary/aromatic N) is 1. The molecule has 0 radical (unpaired) electrons. The molecule has 0 amide bonds. The first-order valence-corrected chi connectivity index (χ1v) is 7.64. The minimum Gasteiger partial charge on any atom is -0.493 e. The first kappa shape index (κ1) is 17.7. The predicted molar refractivity (Wildman–Crippen MR) is 93.7 cm³/mol. The van der Waals surface area contributed by atoms with Crippen molar-refractivity contribution < 1.29 is 19.2 Å². The number of benzene rings is 2. The molecule has 0 aromatic heterocycles. The second-order valence-electron chi connectivity index (χ2n) is 4.73. The van der Waals surface area contributed by atoms with Gasteiger partial charge in [0.2, 0.25) is 0 Å². The zero-order valence-electron chi connectivity index (χ0n) is 13.0. The van der Waals surface area contributed by atoms with Crippen molar-refractivity contribution in [3.05, 3.63) is 68.2 Å². The molecule has 2 aromatic carbocycles. The van der Waals surface area contributed by atoms with Gasteiger partial charge in [0, 0.05) is 10.0 Å². The summed E-state index contributed by atoms with van der Waals surface area (Å²) in [6, 6.07) is 9.61. The fourth-order valence-corrected chi connectivity index (χ4v) is 2.48. The van der Waals surface area contributed by atoms with E-state index in [-0.39, 0.29) is 22.8 Å². The fraction of sp³-hybridized carbons (Fsp3) is 0.118. The minimum atomic E-state index is -0.536. The number of hydrogen-bond acceptors (Lipinski definition) is 5. The van der Waals surface area contributed by atoms with Crippen molar-refractivity contribution >= 4 is 33.5 Å². The van der Waals surface area contributed by atoms with Gasteiger partial charge in [0.25, 0.3) is 5.69 Å². The van der Waals surface area contributed by atoms with E-state index in [1.54, 1.807) is 24.3 Å². The van der Waals surface area contributed by atoms with E-state index in [2.05, 4.69) is 15.9 Å². The molecular formula is C17H14BrNO5. The summed E-state index contributed by atoms with van der Waals surface area (Å²) in [5.41, 5.74) is 0.552. The normalized spacial score (nSPS) is 10.6. The number of ether oxygens (including phenoxy) is 2. The van der Waals surface area contributed by atoms with Gasteiger partial charge in [-0.2, -0.15) is 0 Å². The zero-order chi connectivity index (χ0) is 17.7. The summed E-state index contributed by atoms with van der Waals surface area (Å²) in [5.74, 6) is 0.331. The Morgan fingerprint density at radius 1 is 1.17 bits per heavy atom. The van der Waals surface area contributed by atoms with Crippen LogP contribution in [0.25, 0.3) is 6.08 Å². The number of nitro benzene ring substituents is 1.